The van der Waals surface area contributed by atoms with E-state index in [1.54, 1.807) is 31.6 Å². The molecule has 29 heavy (non-hydrogen) atoms. The van der Waals surface area contributed by atoms with Crippen LogP contribution in [0.5, 0.6) is 5.75 Å². The van der Waals surface area contributed by atoms with Crippen LogP contribution in [0.25, 0.3) is 0 Å². The van der Waals surface area contributed by atoms with Gasteiger partial charge in [-0.3, -0.25) is 14.6 Å². The van der Waals surface area contributed by atoms with Crippen molar-refractivity contribution in [2.45, 2.75) is 32.1 Å². The van der Waals surface area contributed by atoms with E-state index < -0.39 is 5.92 Å². The second kappa shape index (κ2) is 7.91. The molecule has 6 nitrogen and oxygen atoms in total. The summed E-state index contributed by atoms with van der Waals surface area (Å²) in [6.07, 6.45) is 5.39. The maximum Gasteiger partial charge on any atom is 0.254 e. The van der Waals surface area contributed by atoms with Gasteiger partial charge in [-0.25, -0.2) is 0 Å². The molecule has 0 saturated heterocycles. The first-order chi connectivity index (χ1) is 14.1. The lowest BCUT2D eigenvalue weighted by Gasteiger charge is -2.34. The van der Waals surface area contributed by atoms with Crippen molar-refractivity contribution in [1.82, 2.24) is 10.3 Å². The predicted molar refractivity (Wildman–Crippen MR) is 110 cm³/mol. The van der Waals surface area contributed by atoms with Crippen LogP contribution in [0.1, 0.15) is 37.7 Å². The number of hydrogen-bond acceptors (Lipinski definition) is 5. The van der Waals surface area contributed by atoms with Crippen molar-refractivity contribution in [3.63, 3.8) is 0 Å². The lowest BCUT2D eigenvalue weighted by molar-refractivity contribution is -0.116. The number of nitrogens with zero attached hydrogens (tertiary/aromatic N) is 1. The molecular formula is C23H23N3O3. The van der Waals surface area contributed by atoms with E-state index >= 15 is 0 Å². The molecular weight excluding hydrogens is 366 g/mol. The first kappa shape index (κ1) is 18.9. The molecule has 2 aliphatic rings. The van der Waals surface area contributed by atoms with Gasteiger partial charge in [0.1, 0.15) is 5.75 Å². The van der Waals surface area contributed by atoms with E-state index in [-0.39, 0.29) is 11.7 Å². The van der Waals surface area contributed by atoms with Crippen LogP contribution >= 0.6 is 0 Å². The minimum Gasteiger partial charge on any atom is -0.497 e. The third-order valence-electron chi connectivity index (χ3n) is 5.39. The Balaban J connectivity index is 1.78. The summed E-state index contributed by atoms with van der Waals surface area (Å²) in [5, 5.41) is 6.24. The molecule has 2 heterocycles. The number of pyridine rings is 1. The van der Waals surface area contributed by atoms with Crippen molar-refractivity contribution in [2.75, 3.05) is 12.4 Å². The van der Waals surface area contributed by atoms with E-state index in [9.17, 15) is 9.59 Å². The number of carbonyl (C=O) groups is 2. The van der Waals surface area contributed by atoms with Crippen LogP contribution in [-0.2, 0) is 9.59 Å². The van der Waals surface area contributed by atoms with Crippen molar-refractivity contribution < 1.29 is 14.3 Å². The van der Waals surface area contributed by atoms with E-state index in [1.807, 2.05) is 31.2 Å². The number of Topliss-reactive ketones (excluding diaryl/α,β-unsaturated/α-hetero) is 1. The third-order valence-corrected chi connectivity index (χ3v) is 5.39. The summed E-state index contributed by atoms with van der Waals surface area (Å²) in [4.78, 5) is 30.2. The quantitative estimate of drug-likeness (QED) is 0.834. The smallest absolute Gasteiger partial charge is 0.254 e. The number of carbonyl (C=O) groups excluding carboxylic acids is 2. The Kier molecular flexibility index (Phi) is 5.16. The summed E-state index contributed by atoms with van der Waals surface area (Å²) in [5.41, 5.74) is 4.45. The van der Waals surface area contributed by atoms with Crippen molar-refractivity contribution in [2.24, 2.45) is 0 Å². The standard InChI is InChI=1S/C23H23N3O3/c1-14-20(23(28)26-16-5-4-12-24-13-16)21(15-8-10-17(29-2)11-9-15)22-18(25-14)6-3-7-19(22)27/h4-5,8-13,21,25H,3,6-7H2,1-2H3,(H,26,28)/t21-/m0/s1. The maximum absolute atomic E-state index is 13.3. The number of aromatic nitrogens is 1. The molecule has 0 spiro atoms. The summed E-state index contributed by atoms with van der Waals surface area (Å²) in [5.74, 6) is 0.169. The van der Waals surface area contributed by atoms with Gasteiger partial charge in [0.2, 0.25) is 0 Å². The van der Waals surface area contributed by atoms with Gasteiger partial charge in [0.25, 0.3) is 5.91 Å². The largest absolute Gasteiger partial charge is 0.497 e. The van der Waals surface area contributed by atoms with Gasteiger partial charge in [0.05, 0.1) is 19.0 Å². The molecule has 1 amide bonds. The van der Waals surface area contributed by atoms with Gasteiger partial charge in [-0.15, -0.1) is 0 Å². The van der Waals surface area contributed by atoms with E-state index in [4.69, 9.17) is 4.74 Å². The minimum absolute atomic E-state index is 0.0961. The van der Waals surface area contributed by atoms with Gasteiger partial charge in [-0.05, 0) is 49.6 Å². The highest BCUT2D eigenvalue weighted by molar-refractivity contribution is 6.09. The number of hydrogen-bond donors (Lipinski definition) is 2. The molecule has 0 bridgehead atoms. The monoisotopic (exact) mass is 389 g/mol. The molecule has 1 aromatic heterocycles. The van der Waals surface area contributed by atoms with Crippen LogP contribution in [0.15, 0.2) is 71.3 Å². The van der Waals surface area contributed by atoms with Crippen LogP contribution in [-0.4, -0.2) is 23.8 Å². The Morgan fingerprint density at radius 3 is 2.69 bits per heavy atom. The summed E-state index contributed by atoms with van der Waals surface area (Å²) in [7, 11) is 1.61. The molecule has 6 heteroatoms. The Morgan fingerprint density at radius 1 is 1.21 bits per heavy atom. The number of amides is 1. The van der Waals surface area contributed by atoms with Crippen molar-refractivity contribution >= 4 is 17.4 Å². The number of anilines is 1. The van der Waals surface area contributed by atoms with Crippen LogP contribution in [0, 0.1) is 0 Å². The van der Waals surface area contributed by atoms with E-state index in [0.717, 1.165) is 35.5 Å². The van der Waals surface area contributed by atoms with Gasteiger partial charge in [-0.2, -0.15) is 0 Å². The first-order valence-electron chi connectivity index (χ1n) is 9.68. The number of allylic oxidation sites excluding steroid dienone is 3. The summed E-state index contributed by atoms with van der Waals surface area (Å²) in [6, 6.07) is 11.1. The number of dihydropyridines is 1. The fourth-order valence-electron chi connectivity index (χ4n) is 4.05. The van der Waals surface area contributed by atoms with Crippen molar-refractivity contribution in [1.29, 1.82) is 0 Å². The topological polar surface area (TPSA) is 80.3 Å². The molecule has 4 rings (SSSR count). The Bertz CT molecular complexity index is 1010. The highest BCUT2D eigenvalue weighted by Crippen LogP contribution is 2.42. The summed E-state index contributed by atoms with van der Waals surface area (Å²) >= 11 is 0. The van der Waals surface area contributed by atoms with E-state index in [1.165, 1.54) is 0 Å². The number of methoxy groups -OCH3 is 1. The molecule has 1 aliphatic carbocycles. The molecule has 0 radical (unpaired) electrons. The number of ketones is 1. The fourth-order valence-corrected chi connectivity index (χ4v) is 4.05. The zero-order valence-electron chi connectivity index (χ0n) is 16.5. The third kappa shape index (κ3) is 3.66. The second-order valence-corrected chi connectivity index (χ2v) is 7.23. The van der Waals surface area contributed by atoms with E-state index in [0.29, 0.717) is 23.3 Å². The maximum atomic E-state index is 13.3. The van der Waals surface area contributed by atoms with Gasteiger partial charge in [-0.1, -0.05) is 12.1 Å². The van der Waals surface area contributed by atoms with Gasteiger partial charge < -0.3 is 15.4 Å². The lowest BCUT2D eigenvalue weighted by Crippen LogP contribution is -2.35. The Hall–Kier alpha value is -3.41. The Morgan fingerprint density at radius 2 is 2.00 bits per heavy atom. The van der Waals surface area contributed by atoms with Crippen molar-refractivity contribution in [3.05, 3.63) is 76.9 Å². The SMILES string of the molecule is COc1ccc([C@H]2C(C(=O)Nc3cccnc3)=C(C)NC3=C2C(=O)CCC3)cc1. The normalized spacial score (nSPS) is 18.8. The van der Waals surface area contributed by atoms with Crippen LogP contribution < -0.4 is 15.4 Å². The molecule has 0 fully saturated rings. The van der Waals surface area contributed by atoms with Crippen LogP contribution in [0.3, 0.4) is 0 Å². The number of benzene rings is 1. The molecule has 1 atom stereocenters. The zero-order valence-corrected chi connectivity index (χ0v) is 16.5. The molecule has 148 valence electrons. The average Bonchev–Trinajstić information content (AvgIpc) is 2.73. The predicted octanol–water partition coefficient (Wildman–Crippen LogP) is 3.70. The Labute approximate surface area is 169 Å². The molecule has 1 aromatic carbocycles. The second-order valence-electron chi connectivity index (χ2n) is 7.23. The summed E-state index contributed by atoms with van der Waals surface area (Å²) in [6.45, 7) is 1.89. The number of ether oxygens (including phenoxy) is 1. The number of nitrogens with one attached hydrogen (secondary N) is 2. The van der Waals surface area contributed by atoms with Crippen LogP contribution in [0.2, 0.25) is 0 Å². The highest BCUT2D eigenvalue weighted by atomic mass is 16.5. The average molecular weight is 389 g/mol. The first-order valence-corrected chi connectivity index (χ1v) is 9.68. The summed E-state index contributed by atoms with van der Waals surface area (Å²) < 4.78 is 5.27. The van der Waals surface area contributed by atoms with E-state index in [2.05, 4.69) is 15.6 Å². The van der Waals surface area contributed by atoms with Gasteiger partial charge in [0.15, 0.2) is 5.78 Å². The van der Waals surface area contributed by atoms with Crippen molar-refractivity contribution in [3.8, 4) is 5.75 Å². The minimum atomic E-state index is -0.415. The number of rotatable bonds is 4. The molecule has 2 N–H and O–H groups in total. The van der Waals surface area contributed by atoms with Gasteiger partial charge in [0, 0.05) is 41.1 Å². The van der Waals surface area contributed by atoms with Gasteiger partial charge >= 0.3 is 0 Å². The molecule has 0 unspecified atom stereocenters. The van der Waals surface area contributed by atoms with Crippen LogP contribution in [0.4, 0.5) is 5.69 Å². The molecule has 2 aromatic rings. The molecule has 1 aliphatic heterocycles. The molecule has 0 saturated carbocycles. The fraction of sp³-hybridized carbons (Fsp3) is 0.261. The lowest BCUT2D eigenvalue weighted by atomic mass is 9.75. The zero-order chi connectivity index (χ0) is 20.4. The highest BCUT2D eigenvalue weighted by Gasteiger charge is 2.38.